The molecule has 1 amide bonds. The summed E-state index contributed by atoms with van der Waals surface area (Å²) in [6.07, 6.45) is 5.54. The predicted molar refractivity (Wildman–Crippen MR) is 126 cm³/mol. The maximum atomic E-state index is 12.7. The van der Waals surface area contributed by atoms with E-state index in [1.807, 2.05) is 0 Å². The van der Waals surface area contributed by atoms with Crippen molar-refractivity contribution in [2.45, 2.75) is 45.6 Å². The van der Waals surface area contributed by atoms with Gasteiger partial charge in [-0.1, -0.05) is 37.3 Å². The van der Waals surface area contributed by atoms with Crippen LogP contribution in [0, 0.1) is 17.8 Å². The maximum absolute atomic E-state index is 12.7. The smallest absolute Gasteiger partial charge is 0.222 e. The summed E-state index contributed by atoms with van der Waals surface area (Å²) in [5.74, 6) is 2.26. The number of piperidine rings is 2. The van der Waals surface area contributed by atoms with Crippen molar-refractivity contribution >= 4 is 30.7 Å². The molecule has 2 aliphatic rings. The molecule has 2 unspecified atom stereocenters. The summed E-state index contributed by atoms with van der Waals surface area (Å²) in [6, 6.07) is 10.7. The van der Waals surface area contributed by atoms with E-state index in [1.54, 1.807) is 0 Å². The lowest BCUT2D eigenvalue weighted by Crippen LogP contribution is -2.42. The van der Waals surface area contributed by atoms with E-state index in [1.165, 1.54) is 18.4 Å². The lowest BCUT2D eigenvalue weighted by molar-refractivity contribution is -0.134. The van der Waals surface area contributed by atoms with E-state index in [0.717, 1.165) is 58.5 Å². The molecule has 2 atom stereocenters. The number of nitrogens with one attached hydrogen (secondary N) is 1. The number of hydrogen-bond acceptors (Lipinski definition) is 3. The minimum atomic E-state index is 0. The van der Waals surface area contributed by atoms with Crippen LogP contribution in [-0.4, -0.2) is 55.5 Å². The van der Waals surface area contributed by atoms with Crippen molar-refractivity contribution in [2.24, 2.45) is 17.8 Å². The first-order valence-electron chi connectivity index (χ1n) is 10.8. The van der Waals surface area contributed by atoms with Crippen LogP contribution in [0.1, 0.15) is 44.6 Å². The third kappa shape index (κ3) is 8.45. The third-order valence-corrected chi connectivity index (χ3v) is 6.47. The van der Waals surface area contributed by atoms with E-state index in [4.69, 9.17) is 0 Å². The highest BCUT2D eigenvalue weighted by Gasteiger charge is 2.27. The Labute approximate surface area is 189 Å². The van der Waals surface area contributed by atoms with Gasteiger partial charge in [0, 0.05) is 32.6 Å². The van der Waals surface area contributed by atoms with Crippen molar-refractivity contribution in [2.75, 3.05) is 39.8 Å². The zero-order chi connectivity index (χ0) is 19.1. The first-order valence-corrected chi connectivity index (χ1v) is 10.8. The number of likely N-dealkylation sites (tertiary alicyclic amines) is 1. The summed E-state index contributed by atoms with van der Waals surface area (Å²) in [5.41, 5.74) is 1.37. The van der Waals surface area contributed by atoms with Gasteiger partial charge in [0.1, 0.15) is 0 Å². The van der Waals surface area contributed by atoms with E-state index >= 15 is 0 Å². The van der Waals surface area contributed by atoms with Crippen LogP contribution in [0.15, 0.2) is 30.3 Å². The fourth-order valence-electron chi connectivity index (χ4n) is 4.70. The molecule has 0 radical (unpaired) electrons. The van der Waals surface area contributed by atoms with Crippen LogP contribution < -0.4 is 5.32 Å². The summed E-state index contributed by atoms with van der Waals surface area (Å²) < 4.78 is 0. The van der Waals surface area contributed by atoms with Crippen molar-refractivity contribution in [3.8, 4) is 0 Å². The van der Waals surface area contributed by atoms with Gasteiger partial charge in [-0.05, 0) is 69.1 Å². The molecule has 2 fully saturated rings. The first-order chi connectivity index (χ1) is 13.1. The van der Waals surface area contributed by atoms with Gasteiger partial charge in [0.05, 0.1) is 0 Å². The summed E-state index contributed by atoms with van der Waals surface area (Å²) in [7, 11) is 2.21. The Kier molecular flexibility index (Phi) is 12.2. The second-order valence-corrected chi connectivity index (χ2v) is 8.79. The molecule has 6 heteroatoms. The number of benzene rings is 1. The van der Waals surface area contributed by atoms with Crippen LogP contribution in [-0.2, 0) is 11.3 Å². The number of halogens is 2. The molecule has 1 N–H and O–H groups in total. The Morgan fingerprint density at radius 2 is 1.86 bits per heavy atom. The van der Waals surface area contributed by atoms with Crippen LogP contribution >= 0.6 is 24.8 Å². The van der Waals surface area contributed by atoms with Crippen molar-refractivity contribution < 1.29 is 4.79 Å². The Balaban J connectivity index is 0.00000210. The van der Waals surface area contributed by atoms with E-state index < -0.39 is 0 Å². The van der Waals surface area contributed by atoms with Gasteiger partial charge in [0.25, 0.3) is 0 Å². The summed E-state index contributed by atoms with van der Waals surface area (Å²) in [4.78, 5) is 17.3. The minimum Gasteiger partial charge on any atom is -0.343 e. The Morgan fingerprint density at radius 3 is 2.48 bits per heavy atom. The number of nitrogens with zero attached hydrogens (tertiary/aromatic N) is 2. The standard InChI is InChI=1S/C23H37N3O.2ClH/c1-19(22-9-6-12-24-16-22)15-23(27)26-13-10-21(11-14-26)18-25(2)17-20-7-4-3-5-8-20;;/h3-5,7-8,19,21-22,24H,6,9-18H2,1-2H3;2*1H. The molecule has 2 heterocycles. The maximum Gasteiger partial charge on any atom is 0.222 e. The highest BCUT2D eigenvalue weighted by molar-refractivity contribution is 5.85. The first kappa shape index (κ1) is 26.2. The lowest BCUT2D eigenvalue weighted by Gasteiger charge is -2.35. The minimum absolute atomic E-state index is 0. The summed E-state index contributed by atoms with van der Waals surface area (Å²) >= 11 is 0. The molecule has 3 rings (SSSR count). The molecular formula is C23H39Cl2N3O. The Bertz CT molecular complexity index is 573. The number of amides is 1. The Morgan fingerprint density at radius 1 is 1.17 bits per heavy atom. The van der Waals surface area contributed by atoms with Crippen LogP contribution in [0.5, 0.6) is 0 Å². The average Bonchev–Trinajstić information content (AvgIpc) is 2.70. The van der Waals surface area contributed by atoms with Gasteiger partial charge in [-0.3, -0.25) is 4.79 Å². The number of carbonyl (C=O) groups excluding carboxylic acids is 1. The molecule has 1 aromatic rings. The molecule has 1 aromatic carbocycles. The SMILES string of the molecule is CC(CC(=O)N1CCC(CN(C)Cc2ccccc2)CC1)C1CCCNC1.Cl.Cl. The van der Waals surface area contributed by atoms with Crippen LogP contribution in [0.2, 0.25) is 0 Å². The molecule has 0 spiro atoms. The van der Waals surface area contributed by atoms with Crippen molar-refractivity contribution in [3.63, 3.8) is 0 Å². The number of carbonyl (C=O) groups is 1. The van der Waals surface area contributed by atoms with E-state index in [0.29, 0.717) is 23.7 Å². The summed E-state index contributed by atoms with van der Waals surface area (Å²) in [5, 5.41) is 3.48. The quantitative estimate of drug-likeness (QED) is 0.684. The molecule has 166 valence electrons. The van der Waals surface area contributed by atoms with E-state index in [-0.39, 0.29) is 24.8 Å². The predicted octanol–water partition coefficient (Wildman–Crippen LogP) is 4.23. The molecule has 2 saturated heterocycles. The van der Waals surface area contributed by atoms with Gasteiger partial charge in [0.15, 0.2) is 0 Å². The molecule has 29 heavy (non-hydrogen) atoms. The van der Waals surface area contributed by atoms with E-state index in [9.17, 15) is 4.79 Å². The zero-order valence-electron chi connectivity index (χ0n) is 18.0. The molecule has 0 saturated carbocycles. The fraction of sp³-hybridized carbons (Fsp3) is 0.696. The van der Waals surface area contributed by atoms with Gasteiger partial charge in [-0.15, -0.1) is 24.8 Å². The average molecular weight is 444 g/mol. The summed E-state index contributed by atoms with van der Waals surface area (Å²) in [6.45, 7) is 8.51. The molecule has 0 bridgehead atoms. The topological polar surface area (TPSA) is 35.6 Å². The highest BCUT2D eigenvalue weighted by Crippen LogP contribution is 2.25. The lowest BCUT2D eigenvalue weighted by atomic mass is 9.85. The highest BCUT2D eigenvalue weighted by atomic mass is 35.5. The number of hydrogen-bond donors (Lipinski definition) is 1. The molecular weight excluding hydrogens is 405 g/mol. The largest absolute Gasteiger partial charge is 0.343 e. The van der Waals surface area contributed by atoms with Crippen LogP contribution in [0.25, 0.3) is 0 Å². The normalized spacial score (nSPS) is 21.2. The third-order valence-electron chi connectivity index (χ3n) is 6.47. The number of rotatable bonds is 7. The monoisotopic (exact) mass is 443 g/mol. The van der Waals surface area contributed by atoms with Gasteiger partial charge in [-0.25, -0.2) is 0 Å². The molecule has 2 aliphatic heterocycles. The molecule has 0 aromatic heterocycles. The van der Waals surface area contributed by atoms with Gasteiger partial charge in [-0.2, -0.15) is 0 Å². The second kappa shape index (κ2) is 13.5. The van der Waals surface area contributed by atoms with Gasteiger partial charge in [0.2, 0.25) is 5.91 Å². The van der Waals surface area contributed by atoms with Crippen molar-refractivity contribution in [1.29, 1.82) is 0 Å². The Hall–Kier alpha value is -0.810. The molecule has 4 nitrogen and oxygen atoms in total. The van der Waals surface area contributed by atoms with Crippen LogP contribution in [0.4, 0.5) is 0 Å². The van der Waals surface area contributed by atoms with Crippen molar-refractivity contribution in [3.05, 3.63) is 35.9 Å². The van der Waals surface area contributed by atoms with Gasteiger partial charge < -0.3 is 15.1 Å². The molecule has 0 aliphatic carbocycles. The zero-order valence-corrected chi connectivity index (χ0v) is 19.6. The van der Waals surface area contributed by atoms with Gasteiger partial charge >= 0.3 is 0 Å². The van der Waals surface area contributed by atoms with Crippen LogP contribution in [0.3, 0.4) is 0 Å². The van der Waals surface area contributed by atoms with E-state index in [2.05, 4.69) is 59.4 Å². The second-order valence-electron chi connectivity index (χ2n) is 8.79. The van der Waals surface area contributed by atoms with Crippen molar-refractivity contribution in [1.82, 2.24) is 15.1 Å². The fourth-order valence-corrected chi connectivity index (χ4v) is 4.70.